The van der Waals surface area contributed by atoms with Crippen LogP contribution in [0.1, 0.15) is 12.5 Å². The Morgan fingerprint density at radius 1 is 1.00 bits per heavy atom. The molecule has 0 fully saturated rings. The zero-order valence-corrected chi connectivity index (χ0v) is 20.7. The Morgan fingerprint density at radius 2 is 1.70 bits per heavy atom. The minimum Gasteiger partial charge on any atom is -0.494 e. The number of methoxy groups -OCH3 is 1. The Labute approximate surface area is 207 Å². The van der Waals surface area contributed by atoms with Crippen LogP contribution in [-0.2, 0) is 16.8 Å². The molecule has 2 aromatic carbocycles. The fourth-order valence-electron chi connectivity index (χ4n) is 2.81. The van der Waals surface area contributed by atoms with Crippen molar-refractivity contribution < 1.29 is 13.2 Å². The Bertz CT molecular complexity index is 1220. The van der Waals surface area contributed by atoms with Crippen LogP contribution in [0.5, 0.6) is 5.75 Å². The highest BCUT2D eigenvalue weighted by atomic mass is 35.5. The molecule has 4 N–H and O–H groups in total. The Kier molecular flexibility index (Phi) is 8.57. The van der Waals surface area contributed by atoms with Crippen molar-refractivity contribution in [2.45, 2.75) is 13.5 Å². The highest BCUT2D eigenvalue weighted by Gasteiger charge is 2.13. The van der Waals surface area contributed by atoms with Crippen molar-refractivity contribution in [1.82, 2.24) is 19.4 Å². The van der Waals surface area contributed by atoms with Crippen molar-refractivity contribution >= 4 is 68.2 Å². The van der Waals surface area contributed by atoms with E-state index in [0.717, 1.165) is 0 Å². The molecule has 0 aliphatic carbocycles. The molecule has 0 aliphatic rings. The molecule has 9 nitrogen and oxygen atoms in total. The smallest absolute Gasteiger partial charge is 0.277 e. The lowest BCUT2D eigenvalue weighted by Gasteiger charge is -2.14. The predicted molar refractivity (Wildman–Crippen MR) is 132 cm³/mol. The molecule has 0 aliphatic heterocycles. The number of aromatic nitrogens is 2. The van der Waals surface area contributed by atoms with E-state index in [1.807, 2.05) is 0 Å². The number of nitrogens with zero attached hydrogens (tertiary/aromatic N) is 2. The first-order chi connectivity index (χ1) is 15.7. The summed E-state index contributed by atoms with van der Waals surface area (Å²) in [6, 6.07) is 10.4. The van der Waals surface area contributed by atoms with E-state index >= 15 is 0 Å². The molecule has 0 atom stereocenters. The average Bonchev–Trinajstić information content (AvgIpc) is 2.75. The number of hydrogen-bond acceptors (Lipinski definition) is 7. The van der Waals surface area contributed by atoms with Crippen molar-refractivity contribution in [3.05, 3.63) is 63.2 Å². The maximum absolute atomic E-state index is 11.9. The van der Waals surface area contributed by atoms with E-state index in [1.54, 1.807) is 43.3 Å². The van der Waals surface area contributed by atoms with Crippen LogP contribution >= 0.6 is 34.8 Å². The molecule has 13 heteroatoms. The van der Waals surface area contributed by atoms with E-state index in [-0.39, 0.29) is 24.1 Å². The molecule has 0 amide bonds. The summed E-state index contributed by atoms with van der Waals surface area (Å²) in [6.07, 6.45) is 1.43. The molecule has 0 saturated heterocycles. The number of hydrogen-bond donors (Lipinski definition) is 4. The van der Waals surface area contributed by atoms with Crippen LogP contribution < -0.4 is 24.8 Å². The Balaban J connectivity index is 1.81. The first-order valence-electron chi connectivity index (χ1n) is 9.64. The maximum Gasteiger partial charge on any atom is 0.277 e. The van der Waals surface area contributed by atoms with Gasteiger partial charge in [-0.3, -0.25) is 0 Å². The quantitative estimate of drug-likeness (QED) is 0.295. The van der Waals surface area contributed by atoms with E-state index < -0.39 is 10.2 Å². The predicted octanol–water partition coefficient (Wildman–Crippen LogP) is 4.88. The largest absolute Gasteiger partial charge is 0.494 e. The van der Waals surface area contributed by atoms with Gasteiger partial charge in [-0.05, 0) is 23.8 Å². The first-order valence-corrected chi connectivity index (χ1v) is 12.3. The molecule has 0 spiro atoms. The lowest BCUT2D eigenvalue weighted by Crippen LogP contribution is -2.35. The van der Waals surface area contributed by atoms with E-state index in [1.165, 1.54) is 13.3 Å². The topological polar surface area (TPSA) is 117 Å². The summed E-state index contributed by atoms with van der Waals surface area (Å²) >= 11 is 18.7. The van der Waals surface area contributed by atoms with E-state index in [9.17, 15) is 8.42 Å². The zero-order valence-electron chi connectivity index (χ0n) is 17.6. The molecule has 1 aromatic heterocycles. The van der Waals surface area contributed by atoms with Gasteiger partial charge in [0.05, 0.1) is 23.4 Å². The second-order valence-corrected chi connectivity index (χ2v) is 9.40. The van der Waals surface area contributed by atoms with Crippen LogP contribution in [-0.4, -0.2) is 32.0 Å². The van der Waals surface area contributed by atoms with Crippen LogP contribution in [0.25, 0.3) is 0 Å². The number of rotatable bonds is 10. The summed E-state index contributed by atoms with van der Waals surface area (Å²) in [5.74, 6) is 0.927. The van der Waals surface area contributed by atoms with E-state index in [2.05, 4.69) is 30.0 Å². The van der Waals surface area contributed by atoms with Gasteiger partial charge in [0.25, 0.3) is 10.2 Å². The van der Waals surface area contributed by atoms with Crippen molar-refractivity contribution in [2.75, 3.05) is 24.3 Å². The van der Waals surface area contributed by atoms with Gasteiger partial charge in [-0.2, -0.15) is 18.1 Å². The lowest BCUT2D eigenvalue weighted by atomic mass is 10.2. The molecule has 1 heterocycles. The third-order valence-corrected chi connectivity index (χ3v) is 6.29. The minimum atomic E-state index is -3.60. The van der Waals surface area contributed by atoms with Gasteiger partial charge in [0, 0.05) is 24.5 Å². The highest BCUT2D eigenvalue weighted by Crippen LogP contribution is 2.36. The normalized spacial score (nSPS) is 11.3. The number of halogens is 3. The van der Waals surface area contributed by atoms with Crippen LogP contribution in [0.15, 0.2) is 42.6 Å². The fraction of sp³-hybridized carbons (Fsp3) is 0.200. The summed E-state index contributed by atoms with van der Waals surface area (Å²) < 4.78 is 33.8. The Morgan fingerprint density at radius 3 is 2.36 bits per heavy atom. The van der Waals surface area contributed by atoms with Gasteiger partial charge in [-0.1, -0.05) is 59.9 Å². The second-order valence-electron chi connectivity index (χ2n) is 6.59. The van der Waals surface area contributed by atoms with E-state index in [0.29, 0.717) is 38.6 Å². The standard InChI is InChI=1S/C20H21Cl3N6O3S/c1-3-25-33(30,31)26-10-12-6-4-5-7-17(12)28-19-16(23)11-24-20(29-19)27-13-8-14(21)18(32-2)15(22)9-13/h4-9,11,25-26H,3,10H2,1-2H3,(H2,24,27,28,29). The molecule has 0 radical (unpaired) electrons. The third-order valence-electron chi connectivity index (χ3n) is 4.26. The summed E-state index contributed by atoms with van der Waals surface area (Å²) in [5, 5.41) is 7.07. The fourth-order valence-corrected chi connectivity index (χ4v) is 4.42. The molecule has 0 bridgehead atoms. The number of nitrogens with one attached hydrogen (secondary N) is 4. The van der Waals surface area contributed by atoms with Gasteiger partial charge in [0.2, 0.25) is 5.95 Å². The zero-order chi connectivity index (χ0) is 24.0. The molecule has 3 rings (SSSR count). The third kappa shape index (κ3) is 6.83. The van der Waals surface area contributed by atoms with E-state index in [4.69, 9.17) is 39.5 Å². The lowest BCUT2D eigenvalue weighted by molar-refractivity contribution is 0.415. The minimum absolute atomic E-state index is 0.0646. The van der Waals surface area contributed by atoms with Crippen molar-refractivity contribution in [2.24, 2.45) is 0 Å². The summed E-state index contributed by atoms with van der Waals surface area (Å²) in [6.45, 7) is 2.05. The van der Waals surface area contributed by atoms with Gasteiger partial charge in [0.15, 0.2) is 11.6 Å². The molecular weight excluding hydrogens is 511 g/mol. The summed E-state index contributed by atoms with van der Waals surface area (Å²) in [4.78, 5) is 8.59. The van der Waals surface area contributed by atoms with Crippen molar-refractivity contribution in [3.63, 3.8) is 0 Å². The molecule has 3 aromatic rings. The molecular formula is C20H21Cl3N6O3S. The number of anilines is 4. The van der Waals surface area contributed by atoms with Gasteiger partial charge < -0.3 is 15.4 Å². The van der Waals surface area contributed by atoms with Crippen LogP contribution in [0.4, 0.5) is 23.1 Å². The summed E-state index contributed by atoms with van der Waals surface area (Å²) in [5.41, 5.74) is 1.87. The van der Waals surface area contributed by atoms with Gasteiger partial charge in [0.1, 0.15) is 5.02 Å². The number of ether oxygens (including phenoxy) is 1. The average molecular weight is 532 g/mol. The van der Waals surface area contributed by atoms with Gasteiger partial charge in [-0.25, -0.2) is 9.71 Å². The monoisotopic (exact) mass is 530 g/mol. The number of benzene rings is 2. The van der Waals surface area contributed by atoms with Crippen LogP contribution in [0, 0.1) is 0 Å². The SMILES string of the molecule is CCNS(=O)(=O)NCc1ccccc1Nc1nc(Nc2cc(Cl)c(OC)c(Cl)c2)ncc1Cl. The maximum atomic E-state index is 11.9. The van der Waals surface area contributed by atoms with Crippen LogP contribution in [0.2, 0.25) is 15.1 Å². The van der Waals surface area contributed by atoms with Gasteiger partial charge >= 0.3 is 0 Å². The number of para-hydroxylation sites is 1. The van der Waals surface area contributed by atoms with Crippen molar-refractivity contribution in [3.8, 4) is 5.75 Å². The Hall–Kier alpha value is -2.34. The highest BCUT2D eigenvalue weighted by molar-refractivity contribution is 7.87. The first kappa shape index (κ1) is 25.3. The molecule has 0 saturated carbocycles. The van der Waals surface area contributed by atoms with Gasteiger partial charge in [-0.15, -0.1) is 0 Å². The van der Waals surface area contributed by atoms with Crippen molar-refractivity contribution in [1.29, 1.82) is 0 Å². The molecule has 33 heavy (non-hydrogen) atoms. The van der Waals surface area contributed by atoms with Crippen LogP contribution in [0.3, 0.4) is 0 Å². The molecule has 0 unspecified atom stereocenters. The summed E-state index contributed by atoms with van der Waals surface area (Å²) in [7, 11) is -2.13. The second kappa shape index (κ2) is 11.2. The molecule has 176 valence electrons.